The maximum atomic E-state index is 11.3. The summed E-state index contributed by atoms with van der Waals surface area (Å²) in [5.41, 5.74) is 0. The quantitative estimate of drug-likeness (QED) is 0.594. The van der Waals surface area contributed by atoms with Gasteiger partial charge in [0.15, 0.2) is 0 Å². The van der Waals surface area contributed by atoms with Gasteiger partial charge < -0.3 is 14.7 Å². The van der Waals surface area contributed by atoms with Crippen LogP contribution in [0.5, 0.6) is 0 Å². The lowest BCUT2D eigenvalue weighted by molar-refractivity contribution is -0.139. The van der Waals surface area contributed by atoms with Crippen LogP contribution in [0.2, 0.25) is 0 Å². The summed E-state index contributed by atoms with van der Waals surface area (Å²) in [5.74, 6) is -1.15. The van der Waals surface area contributed by atoms with Crippen molar-refractivity contribution in [1.29, 1.82) is 0 Å². The number of aliphatic carboxylic acids is 1. The maximum Gasteiger partial charge on any atom is 0.305 e. The highest BCUT2D eigenvalue weighted by Crippen LogP contribution is 1.94. The van der Waals surface area contributed by atoms with Gasteiger partial charge in [-0.2, -0.15) is 0 Å². The normalized spacial score (nSPS) is 9.50. The van der Waals surface area contributed by atoms with Crippen molar-refractivity contribution in [3.63, 3.8) is 0 Å². The Morgan fingerprint density at radius 1 is 1.57 bits per heavy atom. The topological polar surface area (TPSA) is 66.8 Å². The van der Waals surface area contributed by atoms with E-state index in [-0.39, 0.29) is 25.5 Å². The molecule has 0 aromatic heterocycles. The minimum Gasteiger partial charge on any atom is -0.481 e. The van der Waals surface area contributed by atoms with Gasteiger partial charge in [-0.15, -0.1) is 6.58 Å². The summed E-state index contributed by atoms with van der Waals surface area (Å²) in [6.07, 6.45) is 1.48. The van der Waals surface area contributed by atoms with Gasteiger partial charge in [0.2, 0.25) is 5.91 Å². The summed E-state index contributed by atoms with van der Waals surface area (Å²) in [7, 11) is 1.42. The molecule has 0 saturated carbocycles. The Morgan fingerprint density at radius 3 is 2.64 bits per heavy atom. The summed E-state index contributed by atoms with van der Waals surface area (Å²) in [6, 6.07) is 0. The highest BCUT2D eigenvalue weighted by atomic mass is 16.5. The Kier molecular flexibility index (Phi) is 6.39. The Hall–Kier alpha value is -1.36. The van der Waals surface area contributed by atoms with E-state index < -0.39 is 5.97 Å². The molecule has 0 radical (unpaired) electrons. The molecule has 0 aliphatic carbocycles. The van der Waals surface area contributed by atoms with E-state index in [2.05, 4.69) is 11.3 Å². The first-order valence-electron chi connectivity index (χ1n) is 4.21. The Labute approximate surface area is 83.0 Å². The fourth-order valence-corrected chi connectivity index (χ4v) is 0.919. The van der Waals surface area contributed by atoms with E-state index in [1.54, 1.807) is 6.08 Å². The number of carbonyl (C=O) groups is 2. The van der Waals surface area contributed by atoms with Gasteiger partial charge in [0.05, 0.1) is 6.42 Å². The molecule has 0 aliphatic rings. The number of hydrogen-bond donors (Lipinski definition) is 1. The van der Waals surface area contributed by atoms with E-state index in [0.29, 0.717) is 6.54 Å². The predicted octanol–water partition coefficient (Wildman–Crippen LogP) is 0.122. The smallest absolute Gasteiger partial charge is 0.305 e. The second kappa shape index (κ2) is 7.08. The van der Waals surface area contributed by atoms with Gasteiger partial charge in [-0.25, -0.2) is 0 Å². The number of carboxylic acids is 1. The van der Waals surface area contributed by atoms with Crippen LogP contribution in [0.1, 0.15) is 6.42 Å². The molecule has 0 heterocycles. The Morgan fingerprint density at radius 2 is 2.21 bits per heavy atom. The van der Waals surface area contributed by atoms with Crippen LogP contribution in [0.25, 0.3) is 0 Å². The van der Waals surface area contributed by atoms with Crippen molar-refractivity contribution < 1.29 is 19.4 Å². The third-order valence-corrected chi connectivity index (χ3v) is 1.57. The van der Waals surface area contributed by atoms with Crippen molar-refractivity contribution in [2.75, 3.05) is 26.8 Å². The number of rotatable bonds is 7. The number of amides is 1. The van der Waals surface area contributed by atoms with E-state index in [1.165, 1.54) is 12.0 Å². The maximum absolute atomic E-state index is 11.3. The molecule has 0 bridgehead atoms. The van der Waals surface area contributed by atoms with Gasteiger partial charge in [0, 0.05) is 20.2 Å². The largest absolute Gasteiger partial charge is 0.481 e. The molecule has 0 aliphatic heterocycles. The first kappa shape index (κ1) is 12.6. The van der Waals surface area contributed by atoms with E-state index >= 15 is 0 Å². The summed E-state index contributed by atoms with van der Waals surface area (Å²) in [4.78, 5) is 23.0. The van der Waals surface area contributed by atoms with Crippen LogP contribution in [0, 0.1) is 0 Å². The number of carboxylic acid groups (broad SMARTS) is 1. The van der Waals surface area contributed by atoms with Crippen molar-refractivity contribution in [2.24, 2.45) is 0 Å². The molecule has 14 heavy (non-hydrogen) atoms. The molecule has 5 heteroatoms. The van der Waals surface area contributed by atoms with Gasteiger partial charge in [-0.3, -0.25) is 9.59 Å². The molecule has 1 amide bonds. The molecule has 0 fully saturated rings. The zero-order valence-electron chi connectivity index (χ0n) is 8.23. The van der Waals surface area contributed by atoms with Crippen molar-refractivity contribution in [2.45, 2.75) is 6.42 Å². The van der Waals surface area contributed by atoms with Crippen LogP contribution in [-0.4, -0.2) is 48.7 Å². The van der Waals surface area contributed by atoms with E-state index in [0.717, 1.165) is 0 Å². The average Bonchev–Trinajstić information content (AvgIpc) is 2.12. The molecule has 0 saturated heterocycles. The first-order valence-corrected chi connectivity index (χ1v) is 4.21. The van der Waals surface area contributed by atoms with Gasteiger partial charge in [-0.05, 0) is 0 Å². The second-order valence-corrected chi connectivity index (χ2v) is 2.71. The minimum atomic E-state index is -0.927. The lowest BCUT2D eigenvalue weighted by Gasteiger charge is -2.19. The number of methoxy groups -OCH3 is 1. The van der Waals surface area contributed by atoms with Gasteiger partial charge in [-0.1, -0.05) is 6.08 Å². The van der Waals surface area contributed by atoms with Crippen LogP contribution in [0.15, 0.2) is 12.7 Å². The summed E-state index contributed by atoms with van der Waals surface area (Å²) in [6.45, 7) is 3.98. The number of carbonyl (C=O) groups excluding carboxylic acids is 1. The third kappa shape index (κ3) is 5.31. The minimum absolute atomic E-state index is 0.0343. The number of nitrogens with zero attached hydrogens (tertiary/aromatic N) is 1. The van der Waals surface area contributed by atoms with Crippen LogP contribution in [0.3, 0.4) is 0 Å². The van der Waals surface area contributed by atoms with E-state index in [1.807, 2.05) is 0 Å². The van der Waals surface area contributed by atoms with Crippen molar-refractivity contribution in [3.05, 3.63) is 12.7 Å². The monoisotopic (exact) mass is 201 g/mol. The average molecular weight is 201 g/mol. The zero-order valence-corrected chi connectivity index (χ0v) is 8.23. The van der Waals surface area contributed by atoms with Crippen molar-refractivity contribution in [3.8, 4) is 0 Å². The Balaban J connectivity index is 4.05. The SMILES string of the molecule is C=CCN(CCC(=O)O)C(=O)COC. The molecule has 5 nitrogen and oxygen atoms in total. The van der Waals surface area contributed by atoms with Crippen LogP contribution >= 0.6 is 0 Å². The Bertz CT molecular complexity index is 215. The molecule has 1 N–H and O–H groups in total. The fourth-order valence-electron chi connectivity index (χ4n) is 0.919. The van der Waals surface area contributed by atoms with Crippen LogP contribution < -0.4 is 0 Å². The van der Waals surface area contributed by atoms with Crippen molar-refractivity contribution in [1.82, 2.24) is 4.90 Å². The van der Waals surface area contributed by atoms with Gasteiger partial charge in [0.1, 0.15) is 6.61 Å². The molecule has 0 atom stereocenters. The molecule has 80 valence electrons. The highest BCUT2D eigenvalue weighted by molar-refractivity contribution is 5.78. The zero-order chi connectivity index (χ0) is 11.0. The lowest BCUT2D eigenvalue weighted by Crippen LogP contribution is -2.35. The highest BCUT2D eigenvalue weighted by Gasteiger charge is 2.12. The summed E-state index contributed by atoms with van der Waals surface area (Å²) in [5, 5.41) is 8.45. The predicted molar refractivity (Wildman–Crippen MR) is 50.9 cm³/mol. The fraction of sp³-hybridized carbons (Fsp3) is 0.556. The van der Waals surface area contributed by atoms with Crippen molar-refractivity contribution >= 4 is 11.9 Å². The molecule has 0 aromatic carbocycles. The molecular formula is C9H15NO4. The standard InChI is InChI=1S/C9H15NO4/c1-3-5-10(6-4-9(12)13)8(11)7-14-2/h3H,1,4-7H2,2H3,(H,12,13). The first-order chi connectivity index (χ1) is 6.61. The molecule has 0 rings (SSSR count). The van der Waals surface area contributed by atoms with Gasteiger partial charge >= 0.3 is 5.97 Å². The van der Waals surface area contributed by atoms with E-state index in [9.17, 15) is 9.59 Å². The molecule has 0 spiro atoms. The van der Waals surface area contributed by atoms with Crippen LogP contribution in [0.4, 0.5) is 0 Å². The lowest BCUT2D eigenvalue weighted by atomic mass is 10.3. The molecular weight excluding hydrogens is 186 g/mol. The molecule has 0 unspecified atom stereocenters. The number of hydrogen-bond acceptors (Lipinski definition) is 3. The van der Waals surface area contributed by atoms with Crippen LogP contribution in [-0.2, 0) is 14.3 Å². The molecule has 0 aromatic rings. The summed E-state index contributed by atoms with van der Waals surface area (Å²) >= 11 is 0. The second-order valence-electron chi connectivity index (χ2n) is 2.71. The third-order valence-electron chi connectivity index (χ3n) is 1.57. The van der Waals surface area contributed by atoms with E-state index in [4.69, 9.17) is 5.11 Å². The number of ether oxygens (including phenoxy) is 1. The summed E-state index contributed by atoms with van der Waals surface area (Å²) < 4.78 is 4.66. The van der Waals surface area contributed by atoms with Gasteiger partial charge in [0.25, 0.3) is 0 Å².